The fourth-order valence-corrected chi connectivity index (χ4v) is 2.92. The SMILES string of the molecule is CCN(C(=O)c1cc(N)ncc1Cl)C1CCCCC1. The van der Waals surface area contributed by atoms with E-state index in [-0.39, 0.29) is 5.91 Å². The van der Waals surface area contributed by atoms with Crippen molar-refractivity contribution in [1.82, 2.24) is 9.88 Å². The summed E-state index contributed by atoms with van der Waals surface area (Å²) >= 11 is 6.07. The van der Waals surface area contributed by atoms with Crippen LogP contribution in [-0.2, 0) is 0 Å². The normalized spacial score (nSPS) is 16.3. The zero-order valence-electron chi connectivity index (χ0n) is 11.2. The Morgan fingerprint density at radius 1 is 1.47 bits per heavy atom. The molecule has 0 saturated heterocycles. The van der Waals surface area contributed by atoms with Crippen LogP contribution in [0.15, 0.2) is 12.3 Å². The number of hydrogen-bond donors (Lipinski definition) is 1. The Hall–Kier alpha value is -1.29. The minimum atomic E-state index is -0.0338. The fraction of sp³-hybridized carbons (Fsp3) is 0.571. The Kier molecular flexibility index (Phi) is 4.64. The lowest BCUT2D eigenvalue weighted by atomic mass is 9.93. The van der Waals surface area contributed by atoms with Crippen LogP contribution in [0.4, 0.5) is 5.82 Å². The second-order valence-corrected chi connectivity index (χ2v) is 5.38. The standard InChI is InChI=1S/C14H20ClN3O/c1-2-18(10-6-4-3-5-7-10)14(19)11-8-13(16)17-9-12(11)15/h8-10H,2-7H2,1H3,(H2,16,17). The van der Waals surface area contributed by atoms with Crippen molar-refractivity contribution in [2.75, 3.05) is 12.3 Å². The van der Waals surface area contributed by atoms with Crippen LogP contribution in [0, 0.1) is 0 Å². The maximum absolute atomic E-state index is 12.6. The summed E-state index contributed by atoms with van der Waals surface area (Å²) in [6, 6.07) is 1.90. The van der Waals surface area contributed by atoms with Crippen molar-refractivity contribution >= 4 is 23.3 Å². The van der Waals surface area contributed by atoms with Gasteiger partial charge in [0.15, 0.2) is 0 Å². The Labute approximate surface area is 118 Å². The van der Waals surface area contributed by atoms with Crippen LogP contribution in [0.25, 0.3) is 0 Å². The summed E-state index contributed by atoms with van der Waals surface area (Å²) in [6.45, 7) is 2.70. The van der Waals surface area contributed by atoms with Gasteiger partial charge in [-0.25, -0.2) is 4.98 Å². The number of hydrogen-bond acceptors (Lipinski definition) is 3. The number of nitrogens with two attached hydrogens (primary N) is 1. The van der Waals surface area contributed by atoms with Crippen LogP contribution in [0.5, 0.6) is 0 Å². The summed E-state index contributed by atoms with van der Waals surface area (Å²) in [6.07, 6.45) is 7.26. The van der Waals surface area contributed by atoms with E-state index in [0.29, 0.717) is 29.0 Å². The number of carbonyl (C=O) groups is 1. The topological polar surface area (TPSA) is 59.2 Å². The molecule has 1 aromatic heterocycles. The zero-order chi connectivity index (χ0) is 13.8. The average Bonchev–Trinajstić information content (AvgIpc) is 2.43. The largest absolute Gasteiger partial charge is 0.384 e. The van der Waals surface area contributed by atoms with E-state index in [4.69, 9.17) is 17.3 Å². The predicted octanol–water partition coefficient (Wildman–Crippen LogP) is 3.11. The molecule has 0 spiro atoms. The zero-order valence-corrected chi connectivity index (χ0v) is 12.0. The molecule has 1 saturated carbocycles. The summed E-state index contributed by atoms with van der Waals surface area (Å²) in [5.74, 6) is 0.293. The minimum Gasteiger partial charge on any atom is -0.384 e. The number of amides is 1. The molecule has 1 aromatic rings. The van der Waals surface area contributed by atoms with Gasteiger partial charge < -0.3 is 10.6 Å². The van der Waals surface area contributed by atoms with E-state index < -0.39 is 0 Å². The van der Waals surface area contributed by atoms with Crippen LogP contribution in [-0.4, -0.2) is 28.4 Å². The molecule has 5 heteroatoms. The molecule has 4 nitrogen and oxygen atoms in total. The molecule has 0 radical (unpaired) electrons. The summed E-state index contributed by atoms with van der Waals surface area (Å²) in [7, 11) is 0. The number of rotatable bonds is 3. The average molecular weight is 282 g/mol. The van der Waals surface area contributed by atoms with E-state index >= 15 is 0 Å². The number of halogens is 1. The molecule has 2 N–H and O–H groups in total. The van der Waals surface area contributed by atoms with Crippen molar-refractivity contribution in [2.45, 2.75) is 45.1 Å². The van der Waals surface area contributed by atoms with Crippen LogP contribution in [0.2, 0.25) is 5.02 Å². The van der Waals surface area contributed by atoms with Crippen molar-refractivity contribution in [3.8, 4) is 0 Å². The predicted molar refractivity (Wildman–Crippen MR) is 77.2 cm³/mol. The second-order valence-electron chi connectivity index (χ2n) is 4.97. The first-order valence-corrected chi connectivity index (χ1v) is 7.23. The highest BCUT2D eigenvalue weighted by Gasteiger charge is 2.26. The van der Waals surface area contributed by atoms with Gasteiger partial charge in [0, 0.05) is 18.8 Å². The van der Waals surface area contributed by atoms with Gasteiger partial charge in [0.1, 0.15) is 5.82 Å². The van der Waals surface area contributed by atoms with Gasteiger partial charge in [-0.2, -0.15) is 0 Å². The lowest BCUT2D eigenvalue weighted by Gasteiger charge is -2.33. The molecular formula is C14H20ClN3O. The van der Waals surface area contributed by atoms with Gasteiger partial charge in [0.2, 0.25) is 0 Å². The van der Waals surface area contributed by atoms with Crippen molar-refractivity contribution in [1.29, 1.82) is 0 Å². The number of nitrogen functional groups attached to an aromatic ring is 1. The van der Waals surface area contributed by atoms with E-state index in [0.717, 1.165) is 12.8 Å². The van der Waals surface area contributed by atoms with Crippen LogP contribution in [0.1, 0.15) is 49.4 Å². The van der Waals surface area contributed by atoms with Crippen molar-refractivity contribution in [2.24, 2.45) is 0 Å². The van der Waals surface area contributed by atoms with Crippen molar-refractivity contribution in [3.05, 3.63) is 22.8 Å². The van der Waals surface area contributed by atoms with Crippen LogP contribution in [0.3, 0.4) is 0 Å². The maximum atomic E-state index is 12.6. The minimum absolute atomic E-state index is 0.0338. The van der Waals surface area contributed by atoms with E-state index in [1.807, 2.05) is 11.8 Å². The molecule has 0 aliphatic heterocycles. The summed E-state index contributed by atoms with van der Waals surface area (Å²) in [5, 5.41) is 0.369. The molecule has 2 rings (SSSR count). The Morgan fingerprint density at radius 2 is 2.16 bits per heavy atom. The van der Waals surface area contributed by atoms with Crippen molar-refractivity contribution < 1.29 is 4.79 Å². The van der Waals surface area contributed by atoms with E-state index in [1.54, 1.807) is 6.07 Å². The maximum Gasteiger partial charge on any atom is 0.255 e. The first kappa shape index (κ1) is 14.1. The molecule has 1 aliphatic carbocycles. The molecule has 1 heterocycles. The first-order valence-electron chi connectivity index (χ1n) is 6.85. The monoisotopic (exact) mass is 281 g/mol. The number of carbonyl (C=O) groups excluding carboxylic acids is 1. The third kappa shape index (κ3) is 3.18. The first-order chi connectivity index (χ1) is 9.13. The van der Waals surface area contributed by atoms with E-state index in [9.17, 15) is 4.79 Å². The summed E-state index contributed by atoms with van der Waals surface area (Å²) in [5.41, 5.74) is 6.10. The lowest BCUT2D eigenvalue weighted by Crippen LogP contribution is -2.41. The third-order valence-electron chi connectivity index (χ3n) is 3.72. The second kappa shape index (κ2) is 6.24. The molecule has 1 fully saturated rings. The number of anilines is 1. The van der Waals surface area contributed by atoms with Gasteiger partial charge in [-0.15, -0.1) is 0 Å². The molecule has 0 bridgehead atoms. The molecule has 1 amide bonds. The van der Waals surface area contributed by atoms with Crippen molar-refractivity contribution in [3.63, 3.8) is 0 Å². The molecule has 0 unspecified atom stereocenters. The Morgan fingerprint density at radius 3 is 2.79 bits per heavy atom. The Bertz CT molecular complexity index is 458. The van der Waals surface area contributed by atoms with E-state index in [2.05, 4.69) is 4.98 Å². The molecule has 0 aromatic carbocycles. The summed E-state index contributed by atoms with van der Waals surface area (Å²) in [4.78, 5) is 18.4. The van der Waals surface area contributed by atoms with Gasteiger partial charge in [0.05, 0.1) is 10.6 Å². The van der Waals surface area contributed by atoms with Gasteiger partial charge in [0.25, 0.3) is 5.91 Å². The third-order valence-corrected chi connectivity index (χ3v) is 4.03. The Balaban J connectivity index is 2.22. The molecular weight excluding hydrogens is 262 g/mol. The number of aromatic nitrogens is 1. The highest BCUT2D eigenvalue weighted by atomic mass is 35.5. The highest BCUT2D eigenvalue weighted by Crippen LogP contribution is 2.26. The van der Waals surface area contributed by atoms with Crippen LogP contribution < -0.4 is 5.73 Å². The summed E-state index contributed by atoms with van der Waals surface area (Å²) < 4.78 is 0. The van der Waals surface area contributed by atoms with Gasteiger partial charge >= 0.3 is 0 Å². The molecule has 1 aliphatic rings. The highest BCUT2D eigenvalue weighted by molar-refractivity contribution is 6.33. The molecule has 0 atom stereocenters. The van der Waals surface area contributed by atoms with E-state index in [1.165, 1.54) is 25.5 Å². The van der Waals surface area contributed by atoms with Gasteiger partial charge in [-0.1, -0.05) is 30.9 Å². The van der Waals surface area contributed by atoms with Crippen LogP contribution >= 0.6 is 11.6 Å². The van der Waals surface area contributed by atoms with Gasteiger partial charge in [-0.3, -0.25) is 4.79 Å². The molecule has 19 heavy (non-hydrogen) atoms. The smallest absolute Gasteiger partial charge is 0.255 e. The molecule has 104 valence electrons. The fourth-order valence-electron chi connectivity index (χ4n) is 2.73. The number of pyridine rings is 1. The lowest BCUT2D eigenvalue weighted by molar-refractivity contribution is 0.0648. The number of nitrogens with zero attached hydrogens (tertiary/aromatic N) is 2. The quantitative estimate of drug-likeness (QED) is 0.926. The van der Waals surface area contributed by atoms with Gasteiger partial charge in [-0.05, 0) is 25.8 Å².